The van der Waals surface area contributed by atoms with Crippen LogP contribution in [0.3, 0.4) is 0 Å². The summed E-state index contributed by atoms with van der Waals surface area (Å²) in [5.74, 6) is 2.27. The zero-order valence-electron chi connectivity index (χ0n) is 30.7. The van der Waals surface area contributed by atoms with Gasteiger partial charge in [0.05, 0.1) is 53.0 Å². The third-order valence-corrected chi connectivity index (χ3v) is 8.93. The molecule has 4 aromatic carbocycles. The van der Waals surface area contributed by atoms with Gasteiger partial charge in [0.1, 0.15) is 17.4 Å². The molecule has 9 nitrogen and oxygen atoms in total. The van der Waals surface area contributed by atoms with Crippen LogP contribution in [0, 0.1) is 30.4 Å². The quantitative estimate of drug-likeness (QED) is 0.154. The molecule has 0 saturated heterocycles. The number of fused-ring (bicyclic) bond motifs is 6. The topological polar surface area (TPSA) is 93.7 Å². The van der Waals surface area contributed by atoms with Crippen molar-refractivity contribution in [2.75, 3.05) is 30.8 Å². The molecule has 4 aromatic heterocycles. The van der Waals surface area contributed by atoms with Crippen molar-refractivity contribution >= 4 is 45.0 Å². The molecule has 0 fully saturated rings. The summed E-state index contributed by atoms with van der Waals surface area (Å²) in [6, 6.07) is 25.3. The predicted octanol–water partition coefficient (Wildman–Crippen LogP) is 9.83. The molecule has 0 aliphatic rings. The molecule has 0 radical (unpaired) electrons. The second-order valence-electron chi connectivity index (χ2n) is 13.9. The van der Waals surface area contributed by atoms with Gasteiger partial charge in [-0.3, -0.25) is 8.80 Å². The lowest BCUT2D eigenvalue weighted by Gasteiger charge is -2.13. The van der Waals surface area contributed by atoms with Gasteiger partial charge in [0.15, 0.2) is 22.9 Å². The van der Waals surface area contributed by atoms with E-state index in [1.165, 1.54) is 6.07 Å². The smallest absolute Gasteiger partial charge is 0.181 e. The van der Waals surface area contributed by atoms with Crippen LogP contribution in [-0.2, 0) is 0 Å². The highest BCUT2D eigenvalue weighted by Gasteiger charge is 2.19. The van der Waals surface area contributed by atoms with Crippen molar-refractivity contribution in [3.8, 4) is 28.3 Å². The number of hydrogen-bond donors (Lipinski definition) is 2. The third kappa shape index (κ3) is 7.06. The monoisotopic (exact) mass is 712 g/mol. The molecular weight excluding hydrogens is 671 g/mol. The Labute approximate surface area is 306 Å². The van der Waals surface area contributed by atoms with E-state index in [0.717, 1.165) is 81.3 Å². The van der Waals surface area contributed by atoms with E-state index in [1.807, 2.05) is 59.1 Å². The summed E-state index contributed by atoms with van der Waals surface area (Å²) in [7, 11) is 1.69. The molecule has 4 heterocycles. The number of benzene rings is 4. The summed E-state index contributed by atoms with van der Waals surface area (Å²) in [4.78, 5) is 18.6. The van der Waals surface area contributed by atoms with Gasteiger partial charge in [0.2, 0.25) is 0 Å². The third-order valence-electron chi connectivity index (χ3n) is 8.93. The van der Waals surface area contributed by atoms with Crippen molar-refractivity contribution in [2.45, 2.75) is 34.6 Å². The predicted molar refractivity (Wildman–Crippen MR) is 210 cm³/mol. The first-order chi connectivity index (χ1) is 25.6. The maximum absolute atomic E-state index is 14.4. The van der Waals surface area contributed by atoms with Gasteiger partial charge in [0.25, 0.3) is 0 Å². The Morgan fingerprint density at radius 1 is 0.660 bits per heavy atom. The minimum Gasteiger partial charge on any atom is -0.497 e. The molecule has 0 amide bonds. The number of hydrogen-bond acceptors (Lipinski definition) is 7. The number of imidazole rings is 2. The molecule has 0 bridgehead atoms. The van der Waals surface area contributed by atoms with Gasteiger partial charge in [0, 0.05) is 24.2 Å². The molecule has 0 aliphatic heterocycles. The van der Waals surface area contributed by atoms with Gasteiger partial charge < -0.3 is 15.4 Å². The summed E-state index contributed by atoms with van der Waals surface area (Å²) in [6.45, 7) is 12.3. The fourth-order valence-electron chi connectivity index (χ4n) is 6.33. The molecule has 8 aromatic rings. The Morgan fingerprint density at radius 3 is 1.70 bits per heavy atom. The summed E-state index contributed by atoms with van der Waals surface area (Å²) < 4.78 is 37.5. The van der Waals surface area contributed by atoms with E-state index in [1.54, 1.807) is 13.3 Å². The molecule has 0 aliphatic carbocycles. The first kappa shape index (κ1) is 35.3. The van der Waals surface area contributed by atoms with Crippen LogP contribution in [0.5, 0.6) is 5.75 Å². The second-order valence-corrected chi connectivity index (χ2v) is 13.9. The van der Waals surface area contributed by atoms with Crippen molar-refractivity contribution in [1.82, 2.24) is 28.7 Å². The first-order valence-electron chi connectivity index (χ1n) is 17.7. The molecule has 0 spiro atoms. The number of ether oxygens (including phenoxy) is 1. The lowest BCUT2D eigenvalue weighted by atomic mass is 10.1. The van der Waals surface area contributed by atoms with E-state index < -0.39 is 11.6 Å². The molecule has 0 unspecified atom stereocenters. The molecule has 53 heavy (non-hydrogen) atoms. The Morgan fingerprint density at radius 2 is 1.19 bits per heavy atom. The Hall–Kier alpha value is -6.10. The number of aryl methyl sites for hydroxylation is 1. The SMILES string of the molecule is CC(C)CNc1nc2ccccc2n2c(-c3cc(F)ccc3F)cnc12.COc1ccc(-c2cnc3c(NCC(C)C)nc4ccccc4n23)c(C)c1. The van der Waals surface area contributed by atoms with Crippen molar-refractivity contribution in [2.24, 2.45) is 11.8 Å². The molecule has 11 heteroatoms. The van der Waals surface area contributed by atoms with E-state index >= 15 is 0 Å². The molecule has 8 rings (SSSR count). The number of anilines is 2. The van der Waals surface area contributed by atoms with Gasteiger partial charge in [-0.1, -0.05) is 52.0 Å². The highest BCUT2D eigenvalue weighted by atomic mass is 19.1. The van der Waals surface area contributed by atoms with Crippen LogP contribution in [0.2, 0.25) is 0 Å². The van der Waals surface area contributed by atoms with Crippen molar-refractivity contribution < 1.29 is 13.5 Å². The van der Waals surface area contributed by atoms with Gasteiger partial charge in [-0.05, 0) is 85.0 Å². The highest BCUT2D eigenvalue weighted by Crippen LogP contribution is 2.33. The van der Waals surface area contributed by atoms with Crippen LogP contribution in [-0.4, -0.2) is 48.9 Å². The van der Waals surface area contributed by atoms with Crippen LogP contribution in [0.15, 0.2) is 97.3 Å². The van der Waals surface area contributed by atoms with E-state index in [9.17, 15) is 8.78 Å². The highest BCUT2D eigenvalue weighted by molar-refractivity contribution is 5.87. The summed E-state index contributed by atoms with van der Waals surface area (Å²) in [6.07, 6.45) is 3.49. The number of methoxy groups -OCH3 is 1. The number of nitrogens with one attached hydrogen (secondary N) is 2. The zero-order valence-corrected chi connectivity index (χ0v) is 30.7. The van der Waals surface area contributed by atoms with Crippen LogP contribution >= 0.6 is 0 Å². The fraction of sp³-hybridized carbons (Fsp3) is 0.238. The van der Waals surface area contributed by atoms with Gasteiger partial charge in [-0.15, -0.1) is 0 Å². The van der Waals surface area contributed by atoms with Crippen LogP contribution < -0.4 is 15.4 Å². The van der Waals surface area contributed by atoms with Gasteiger partial charge in [-0.25, -0.2) is 28.7 Å². The van der Waals surface area contributed by atoms with E-state index in [4.69, 9.17) is 14.7 Å². The summed E-state index contributed by atoms with van der Waals surface area (Å²) >= 11 is 0. The lowest BCUT2D eigenvalue weighted by Crippen LogP contribution is -2.11. The van der Waals surface area contributed by atoms with Crippen LogP contribution in [0.1, 0.15) is 33.3 Å². The molecule has 0 saturated carbocycles. The summed E-state index contributed by atoms with van der Waals surface area (Å²) in [5.41, 5.74) is 8.96. The van der Waals surface area contributed by atoms with Gasteiger partial charge >= 0.3 is 0 Å². The number of aromatic nitrogens is 6. The molecule has 2 N–H and O–H groups in total. The number of nitrogens with zero attached hydrogens (tertiary/aromatic N) is 6. The number of para-hydroxylation sites is 4. The normalized spacial score (nSPS) is 11.5. The zero-order chi connectivity index (χ0) is 37.2. The Balaban J connectivity index is 0.000000164. The van der Waals surface area contributed by atoms with E-state index in [-0.39, 0.29) is 5.56 Å². The Kier molecular flexibility index (Phi) is 9.90. The van der Waals surface area contributed by atoms with Crippen LogP contribution in [0.4, 0.5) is 20.4 Å². The van der Waals surface area contributed by atoms with Gasteiger partial charge in [-0.2, -0.15) is 0 Å². The van der Waals surface area contributed by atoms with E-state index in [2.05, 4.69) is 77.8 Å². The largest absolute Gasteiger partial charge is 0.497 e. The molecule has 270 valence electrons. The maximum atomic E-state index is 14.4. The van der Waals surface area contributed by atoms with E-state index in [0.29, 0.717) is 29.0 Å². The van der Waals surface area contributed by atoms with Crippen molar-refractivity contribution in [3.63, 3.8) is 0 Å². The van der Waals surface area contributed by atoms with Crippen molar-refractivity contribution in [3.05, 3.63) is 115 Å². The fourth-order valence-corrected chi connectivity index (χ4v) is 6.33. The second kappa shape index (κ2) is 14.9. The minimum atomic E-state index is -0.495. The molecule has 0 atom stereocenters. The first-order valence-corrected chi connectivity index (χ1v) is 17.7. The average molecular weight is 713 g/mol. The maximum Gasteiger partial charge on any atom is 0.181 e. The van der Waals surface area contributed by atoms with Crippen molar-refractivity contribution in [1.29, 1.82) is 0 Å². The minimum absolute atomic E-state index is 0.170. The molecular formula is C42H42F2N8O. The number of halogens is 2. The average Bonchev–Trinajstić information content (AvgIpc) is 3.80. The van der Waals surface area contributed by atoms with Crippen LogP contribution in [0.25, 0.3) is 55.9 Å². The number of rotatable bonds is 9. The summed E-state index contributed by atoms with van der Waals surface area (Å²) in [5, 5.41) is 6.77. The lowest BCUT2D eigenvalue weighted by molar-refractivity contribution is 0.414. The Bertz CT molecular complexity index is 2580. The standard InChI is InChI=1S/C22H24N4O.C20H18F2N4/c1-14(2)12-23-21-22-24-13-20(17-10-9-16(27-4)11-15(17)3)26(22)19-8-6-5-7-18(19)25-21;1-12(2)10-23-19-20-24-11-18(14-9-13(21)7-8-15(14)22)26(20)17-6-4-3-5-16(17)25-19/h5-11,13-14H,12H2,1-4H3,(H,23,25);3-9,11-12H,10H2,1-2H3,(H,23,25).